The molecule has 0 aliphatic rings. The van der Waals surface area contributed by atoms with E-state index < -0.39 is 14.3 Å². The Morgan fingerprint density at radius 3 is 2.52 bits per heavy atom. The first-order chi connectivity index (χ1) is 10.6. The summed E-state index contributed by atoms with van der Waals surface area (Å²) in [6.45, 7) is 16.2. The molecule has 132 valence electrons. The molecule has 0 spiro atoms. The van der Waals surface area contributed by atoms with Crippen LogP contribution in [0.15, 0.2) is 6.07 Å². The van der Waals surface area contributed by atoms with Crippen LogP contribution < -0.4 is 4.84 Å². The molecule has 0 N–H and O–H groups in total. The SMILES string of the molecule is CCOC(=O)c1cc(C)n(OCCCO[Si](C)(C)C(C)(C)C)n1. The van der Waals surface area contributed by atoms with Crippen LogP contribution in [0.1, 0.15) is 50.3 Å². The number of nitrogens with zero attached hydrogens (tertiary/aromatic N) is 2. The van der Waals surface area contributed by atoms with Gasteiger partial charge in [0.2, 0.25) is 0 Å². The summed E-state index contributed by atoms with van der Waals surface area (Å²) in [6.07, 6.45) is 0.778. The van der Waals surface area contributed by atoms with Gasteiger partial charge in [-0.05, 0) is 38.0 Å². The van der Waals surface area contributed by atoms with Crippen LogP contribution in [-0.2, 0) is 9.16 Å². The largest absolute Gasteiger partial charge is 0.461 e. The fraction of sp³-hybridized carbons (Fsp3) is 0.750. The van der Waals surface area contributed by atoms with Gasteiger partial charge in [0.25, 0.3) is 0 Å². The quantitative estimate of drug-likeness (QED) is 0.412. The number of hydrogen-bond donors (Lipinski definition) is 0. The van der Waals surface area contributed by atoms with Crippen LogP contribution >= 0.6 is 0 Å². The van der Waals surface area contributed by atoms with Crippen LogP contribution in [0.3, 0.4) is 0 Å². The number of carbonyl (C=O) groups is 1. The third kappa shape index (κ3) is 5.66. The molecule has 0 unspecified atom stereocenters. The lowest BCUT2D eigenvalue weighted by molar-refractivity contribution is 0.0481. The molecule has 0 saturated carbocycles. The summed E-state index contributed by atoms with van der Waals surface area (Å²) >= 11 is 0. The Morgan fingerprint density at radius 1 is 1.30 bits per heavy atom. The molecule has 0 aromatic carbocycles. The summed E-state index contributed by atoms with van der Waals surface area (Å²) < 4.78 is 11.0. The van der Waals surface area contributed by atoms with Gasteiger partial charge in [0.1, 0.15) is 6.61 Å². The van der Waals surface area contributed by atoms with E-state index >= 15 is 0 Å². The number of aryl methyl sites for hydroxylation is 1. The second-order valence-corrected chi connectivity index (χ2v) is 11.9. The molecule has 7 heteroatoms. The van der Waals surface area contributed by atoms with E-state index in [2.05, 4.69) is 39.0 Å². The van der Waals surface area contributed by atoms with E-state index in [-0.39, 0.29) is 10.7 Å². The monoisotopic (exact) mass is 342 g/mol. The van der Waals surface area contributed by atoms with Gasteiger partial charge >= 0.3 is 5.97 Å². The van der Waals surface area contributed by atoms with Crippen molar-refractivity contribution in [3.05, 3.63) is 17.5 Å². The second kappa shape index (κ2) is 7.96. The standard InChI is InChI=1S/C16H30N2O4Si/c1-8-20-15(19)14-12-13(2)18(17-14)21-10-9-11-22-23(6,7)16(3,4)5/h12H,8-11H2,1-7H3. The Balaban J connectivity index is 2.41. The van der Waals surface area contributed by atoms with Crippen LogP contribution in [0.25, 0.3) is 0 Å². The van der Waals surface area contributed by atoms with Gasteiger partial charge in [-0.15, -0.1) is 9.94 Å². The van der Waals surface area contributed by atoms with Gasteiger partial charge in [-0.2, -0.15) is 0 Å². The summed E-state index contributed by atoms with van der Waals surface area (Å²) in [5.41, 5.74) is 1.03. The van der Waals surface area contributed by atoms with Crippen molar-refractivity contribution in [2.24, 2.45) is 0 Å². The van der Waals surface area contributed by atoms with Gasteiger partial charge in [-0.25, -0.2) is 4.79 Å². The zero-order valence-corrected chi connectivity index (χ0v) is 16.4. The molecule has 0 aliphatic heterocycles. The van der Waals surface area contributed by atoms with Crippen molar-refractivity contribution < 1.29 is 18.8 Å². The van der Waals surface area contributed by atoms with Crippen LogP contribution in [-0.4, -0.2) is 44.1 Å². The van der Waals surface area contributed by atoms with E-state index in [1.165, 1.54) is 4.85 Å². The predicted molar refractivity (Wildman–Crippen MR) is 92.1 cm³/mol. The Morgan fingerprint density at radius 2 is 1.96 bits per heavy atom. The minimum absolute atomic E-state index is 0.209. The van der Waals surface area contributed by atoms with Gasteiger partial charge < -0.3 is 14.0 Å². The van der Waals surface area contributed by atoms with E-state index in [0.29, 0.717) is 19.8 Å². The summed E-state index contributed by atoms with van der Waals surface area (Å²) in [5.74, 6) is -0.431. The average Bonchev–Trinajstić information content (AvgIpc) is 2.79. The van der Waals surface area contributed by atoms with Crippen LogP contribution in [0.5, 0.6) is 0 Å². The molecule has 1 heterocycles. The molecule has 23 heavy (non-hydrogen) atoms. The molecule has 0 atom stereocenters. The van der Waals surface area contributed by atoms with E-state index in [4.69, 9.17) is 14.0 Å². The fourth-order valence-corrected chi connectivity index (χ4v) is 2.74. The van der Waals surface area contributed by atoms with E-state index in [9.17, 15) is 4.79 Å². The maximum Gasteiger partial charge on any atom is 0.358 e. The average molecular weight is 343 g/mol. The molecular formula is C16H30N2O4Si. The Hall–Kier alpha value is -1.34. The van der Waals surface area contributed by atoms with Crippen molar-refractivity contribution in [1.29, 1.82) is 0 Å². The molecule has 1 aromatic heterocycles. The molecule has 0 saturated heterocycles. The van der Waals surface area contributed by atoms with Crippen LogP contribution in [0.2, 0.25) is 18.1 Å². The first-order valence-electron chi connectivity index (χ1n) is 8.09. The second-order valence-electron chi connectivity index (χ2n) is 7.06. The third-order valence-electron chi connectivity index (χ3n) is 4.10. The normalized spacial score (nSPS) is 12.3. The van der Waals surface area contributed by atoms with Crippen LogP contribution in [0.4, 0.5) is 0 Å². The topological polar surface area (TPSA) is 62.6 Å². The summed E-state index contributed by atoms with van der Waals surface area (Å²) in [5, 5.41) is 4.31. The lowest BCUT2D eigenvalue weighted by atomic mass is 10.2. The molecule has 0 aliphatic carbocycles. The highest BCUT2D eigenvalue weighted by Crippen LogP contribution is 2.36. The highest BCUT2D eigenvalue weighted by atomic mass is 28.4. The maximum absolute atomic E-state index is 11.6. The smallest absolute Gasteiger partial charge is 0.358 e. The highest BCUT2D eigenvalue weighted by Gasteiger charge is 2.36. The Labute approximate surface area is 140 Å². The maximum atomic E-state index is 11.6. The Bertz CT molecular complexity index is 521. The minimum Gasteiger partial charge on any atom is -0.461 e. The summed E-state index contributed by atoms with van der Waals surface area (Å²) in [7, 11) is -1.70. The number of aromatic nitrogens is 2. The van der Waals surface area contributed by atoms with Crippen molar-refractivity contribution in [2.75, 3.05) is 19.8 Å². The molecule has 1 aromatic rings. The van der Waals surface area contributed by atoms with E-state index in [1.54, 1.807) is 13.0 Å². The molecule has 0 fully saturated rings. The highest BCUT2D eigenvalue weighted by molar-refractivity contribution is 6.74. The van der Waals surface area contributed by atoms with E-state index in [1.807, 2.05) is 6.92 Å². The number of ether oxygens (including phenoxy) is 1. The predicted octanol–water partition coefficient (Wildman–Crippen LogP) is 3.21. The molecule has 6 nitrogen and oxygen atoms in total. The van der Waals surface area contributed by atoms with Gasteiger partial charge in [-0.3, -0.25) is 0 Å². The number of rotatable bonds is 8. The third-order valence-corrected chi connectivity index (χ3v) is 8.64. The fourth-order valence-electron chi connectivity index (χ4n) is 1.65. The first kappa shape index (κ1) is 19.7. The lowest BCUT2D eigenvalue weighted by Crippen LogP contribution is -2.41. The minimum atomic E-state index is -1.70. The lowest BCUT2D eigenvalue weighted by Gasteiger charge is -2.36. The zero-order valence-electron chi connectivity index (χ0n) is 15.4. The molecule has 0 radical (unpaired) electrons. The molecule has 1 rings (SSSR count). The first-order valence-corrected chi connectivity index (χ1v) is 11.0. The van der Waals surface area contributed by atoms with Gasteiger partial charge in [0.05, 0.1) is 12.3 Å². The molecule has 0 bridgehead atoms. The summed E-state index contributed by atoms with van der Waals surface area (Å²) in [4.78, 5) is 18.6. The van der Waals surface area contributed by atoms with Crippen LogP contribution in [0, 0.1) is 6.92 Å². The zero-order chi connectivity index (χ0) is 17.7. The van der Waals surface area contributed by atoms with Gasteiger partial charge in [-0.1, -0.05) is 20.8 Å². The summed E-state index contributed by atoms with van der Waals surface area (Å²) in [6, 6.07) is 1.66. The van der Waals surface area contributed by atoms with Crippen molar-refractivity contribution in [2.45, 2.75) is 59.2 Å². The van der Waals surface area contributed by atoms with Crippen molar-refractivity contribution in [3.63, 3.8) is 0 Å². The Kier molecular flexibility index (Phi) is 6.82. The van der Waals surface area contributed by atoms with E-state index in [0.717, 1.165) is 12.1 Å². The molecule has 0 amide bonds. The van der Waals surface area contributed by atoms with Crippen molar-refractivity contribution in [1.82, 2.24) is 9.94 Å². The van der Waals surface area contributed by atoms with Crippen molar-refractivity contribution >= 4 is 14.3 Å². The van der Waals surface area contributed by atoms with Gasteiger partial charge in [0.15, 0.2) is 14.0 Å². The van der Waals surface area contributed by atoms with Gasteiger partial charge in [0, 0.05) is 13.0 Å². The van der Waals surface area contributed by atoms with Crippen molar-refractivity contribution in [3.8, 4) is 0 Å². The number of hydrogen-bond acceptors (Lipinski definition) is 5. The number of carbonyl (C=O) groups excluding carboxylic acids is 1. The number of esters is 1. The molecular weight excluding hydrogens is 312 g/mol.